The van der Waals surface area contributed by atoms with Crippen LogP contribution in [0.4, 0.5) is 18.9 Å². The molecule has 1 heterocycles. The molecule has 0 atom stereocenters. The van der Waals surface area contributed by atoms with Crippen LogP contribution in [0.2, 0.25) is 0 Å². The van der Waals surface area contributed by atoms with E-state index in [2.05, 4.69) is 21.2 Å². The van der Waals surface area contributed by atoms with E-state index in [0.29, 0.717) is 4.47 Å². The monoisotopic (exact) mass is 339 g/mol. The first kappa shape index (κ1) is 14.1. The smallest absolute Gasteiger partial charge is 0.382 e. The molecule has 1 aromatic rings. The minimum absolute atomic E-state index is 0.147. The lowest BCUT2D eigenvalue weighted by molar-refractivity contribution is -0.137. The highest BCUT2D eigenvalue weighted by atomic mass is 79.9. The molecule has 0 aromatic heterocycles. The molecule has 0 aliphatic carbocycles. The van der Waals surface area contributed by atoms with Crippen molar-refractivity contribution in [2.45, 2.75) is 25.1 Å². The first-order chi connectivity index (χ1) is 8.47. The van der Waals surface area contributed by atoms with Crippen molar-refractivity contribution in [1.29, 1.82) is 0 Å². The number of hydrogen-bond donors (Lipinski definition) is 1. The summed E-state index contributed by atoms with van der Waals surface area (Å²) in [4.78, 5) is 0. The molecule has 100 valence electrons. The van der Waals surface area contributed by atoms with Crippen LogP contribution in [-0.4, -0.2) is 17.5 Å². The summed E-state index contributed by atoms with van der Waals surface area (Å²) in [6.45, 7) is 0. The number of thioether (sulfide) groups is 1. The first-order valence-electron chi connectivity index (χ1n) is 5.68. The molecule has 1 fully saturated rings. The molecule has 18 heavy (non-hydrogen) atoms. The van der Waals surface area contributed by atoms with Crippen molar-refractivity contribution < 1.29 is 13.2 Å². The van der Waals surface area contributed by atoms with Crippen LogP contribution in [0.15, 0.2) is 22.7 Å². The molecule has 0 spiro atoms. The van der Waals surface area contributed by atoms with Crippen LogP contribution in [0, 0.1) is 0 Å². The highest BCUT2D eigenvalue weighted by molar-refractivity contribution is 9.10. The fourth-order valence-electron chi connectivity index (χ4n) is 1.94. The highest BCUT2D eigenvalue weighted by Crippen LogP contribution is 2.37. The summed E-state index contributed by atoms with van der Waals surface area (Å²) in [5.41, 5.74) is -0.419. The average Bonchev–Trinajstić information content (AvgIpc) is 2.31. The van der Waals surface area contributed by atoms with Gasteiger partial charge in [0, 0.05) is 16.2 Å². The second kappa shape index (κ2) is 5.74. The van der Waals surface area contributed by atoms with Crippen LogP contribution < -0.4 is 5.32 Å². The number of benzene rings is 1. The molecule has 6 heteroatoms. The standard InChI is InChI=1S/C12H13BrF3NS/c13-8-1-2-11(10(7-8)12(14,15)16)17-9-3-5-18-6-4-9/h1-2,7,9,17H,3-6H2. The zero-order valence-electron chi connectivity index (χ0n) is 9.56. The van der Waals surface area contributed by atoms with Gasteiger partial charge >= 0.3 is 6.18 Å². The Bertz CT molecular complexity index is 416. The second-order valence-electron chi connectivity index (χ2n) is 4.22. The van der Waals surface area contributed by atoms with Gasteiger partial charge in [-0.1, -0.05) is 15.9 Å². The van der Waals surface area contributed by atoms with Gasteiger partial charge in [-0.3, -0.25) is 0 Å². The van der Waals surface area contributed by atoms with E-state index in [1.54, 1.807) is 6.07 Å². The summed E-state index contributed by atoms with van der Waals surface area (Å²) in [6.07, 6.45) is -2.49. The van der Waals surface area contributed by atoms with E-state index in [-0.39, 0.29) is 11.7 Å². The van der Waals surface area contributed by atoms with Crippen LogP contribution in [-0.2, 0) is 6.18 Å². The van der Waals surface area contributed by atoms with Gasteiger partial charge in [0.1, 0.15) is 0 Å². The van der Waals surface area contributed by atoms with Gasteiger partial charge in [-0.05, 0) is 42.5 Å². The highest BCUT2D eigenvalue weighted by Gasteiger charge is 2.34. The predicted molar refractivity (Wildman–Crippen MR) is 73.1 cm³/mol. The van der Waals surface area contributed by atoms with Gasteiger partial charge in [-0.25, -0.2) is 0 Å². The summed E-state index contributed by atoms with van der Waals surface area (Å²) in [5.74, 6) is 2.02. The third-order valence-corrected chi connectivity index (χ3v) is 4.41. The Morgan fingerprint density at radius 3 is 2.50 bits per heavy atom. The summed E-state index contributed by atoms with van der Waals surface area (Å²) in [7, 11) is 0. The van der Waals surface area contributed by atoms with Crippen molar-refractivity contribution in [3.8, 4) is 0 Å². The summed E-state index contributed by atoms with van der Waals surface area (Å²) >= 11 is 4.93. The fourth-order valence-corrected chi connectivity index (χ4v) is 3.41. The lowest BCUT2D eigenvalue weighted by atomic mass is 10.1. The van der Waals surface area contributed by atoms with Crippen LogP contribution in [0.3, 0.4) is 0 Å². The Balaban J connectivity index is 2.21. The minimum Gasteiger partial charge on any atom is -0.382 e. The molecule has 0 bridgehead atoms. The molecule has 1 N–H and O–H groups in total. The van der Waals surface area contributed by atoms with E-state index >= 15 is 0 Å². The number of anilines is 1. The number of nitrogens with one attached hydrogen (secondary N) is 1. The Kier molecular flexibility index (Phi) is 4.48. The zero-order chi connectivity index (χ0) is 13.2. The third kappa shape index (κ3) is 3.57. The van der Waals surface area contributed by atoms with Crippen molar-refractivity contribution in [3.63, 3.8) is 0 Å². The molecule has 1 nitrogen and oxygen atoms in total. The molecule has 2 rings (SSSR count). The normalized spacial score (nSPS) is 17.8. The largest absolute Gasteiger partial charge is 0.418 e. The molecule has 0 radical (unpaired) electrons. The Morgan fingerprint density at radius 1 is 1.22 bits per heavy atom. The van der Waals surface area contributed by atoms with E-state index in [1.807, 2.05) is 11.8 Å². The van der Waals surface area contributed by atoms with Gasteiger partial charge in [0.05, 0.1) is 5.56 Å². The van der Waals surface area contributed by atoms with Gasteiger partial charge in [0.25, 0.3) is 0 Å². The number of alkyl halides is 3. The van der Waals surface area contributed by atoms with Gasteiger partial charge in [0.2, 0.25) is 0 Å². The van der Waals surface area contributed by atoms with Crippen LogP contribution in [0.25, 0.3) is 0 Å². The maximum absolute atomic E-state index is 12.9. The maximum atomic E-state index is 12.9. The average molecular weight is 340 g/mol. The molecular formula is C12H13BrF3NS. The molecule has 1 aromatic carbocycles. The van der Waals surface area contributed by atoms with E-state index in [4.69, 9.17) is 0 Å². The van der Waals surface area contributed by atoms with Gasteiger partial charge in [0.15, 0.2) is 0 Å². The number of halogens is 4. The molecule has 1 aliphatic heterocycles. The van der Waals surface area contributed by atoms with Crippen molar-refractivity contribution >= 4 is 33.4 Å². The lowest BCUT2D eigenvalue weighted by Gasteiger charge is -2.25. The summed E-state index contributed by atoms with van der Waals surface area (Å²) in [6, 6.07) is 4.40. The lowest BCUT2D eigenvalue weighted by Crippen LogP contribution is -2.26. The molecule has 1 aliphatic rings. The maximum Gasteiger partial charge on any atom is 0.418 e. The van der Waals surface area contributed by atoms with E-state index in [9.17, 15) is 13.2 Å². The van der Waals surface area contributed by atoms with Crippen LogP contribution in [0.1, 0.15) is 18.4 Å². The first-order valence-corrected chi connectivity index (χ1v) is 7.62. The molecule has 0 amide bonds. The Hall–Kier alpha value is -0.360. The van der Waals surface area contributed by atoms with Gasteiger partial charge in [-0.15, -0.1) is 0 Å². The van der Waals surface area contributed by atoms with Crippen molar-refractivity contribution in [1.82, 2.24) is 0 Å². The van der Waals surface area contributed by atoms with E-state index < -0.39 is 11.7 Å². The molecular weight excluding hydrogens is 327 g/mol. The topological polar surface area (TPSA) is 12.0 Å². The molecule has 0 saturated carbocycles. The van der Waals surface area contributed by atoms with Gasteiger partial charge < -0.3 is 5.32 Å². The van der Waals surface area contributed by atoms with E-state index in [0.717, 1.165) is 30.4 Å². The number of hydrogen-bond acceptors (Lipinski definition) is 2. The van der Waals surface area contributed by atoms with Crippen molar-refractivity contribution in [2.75, 3.05) is 16.8 Å². The van der Waals surface area contributed by atoms with Gasteiger partial charge in [-0.2, -0.15) is 24.9 Å². The van der Waals surface area contributed by atoms with Crippen molar-refractivity contribution in [2.24, 2.45) is 0 Å². The quantitative estimate of drug-likeness (QED) is 0.832. The van der Waals surface area contributed by atoms with Crippen LogP contribution in [0.5, 0.6) is 0 Å². The number of rotatable bonds is 2. The van der Waals surface area contributed by atoms with Crippen molar-refractivity contribution in [3.05, 3.63) is 28.2 Å². The summed E-state index contributed by atoms with van der Waals surface area (Å²) < 4.78 is 39.2. The van der Waals surface area contributed by atoms with Crippen LogP contribution >= 0.6 is 27.7 Å². The SMILES string of the molecule is FC(F)(F)c1cc(Br)ccc1NC1CCSCC1. The summed E-state index contributed by atoms with van der Waals surface area (Å²) in [5, 5.41) is 3.03. The zero-order valence-corrected chi connectivity index (χ0v) is 12.0. The Morgan fingerprint density at radius 2 is 1.89 bits per heavy atom. The molecule has 0 unspecified atom stereocenters. The molecule has 1 saturated heterocycles. The minimum atomic E-state index is -4.32. The Labute approximate surface area is 117 Å². The second-order valence-corrected chi connectivity index (χ2v) is 6.36. The fraction of sp³-hybridized carbons (Fsp3) is 0.500. The van der Waals surface area contributed by atoms with E-state index in [1.165, 1.54) is 6.07 Å². The predicted octanol–water partition coefficient (Wildman–Crippen LogP) is 4.78. The third-order valence-electron chi connectivity index (χ3n) is 2.87.